The van der Waals surface area contributed by atoms with Gasteiger partial charge < -0.3 is 5.73 Å². The van der Waals surface area contributed by atoms with Crippen molar-refractivity contribution >= 4 is 51.2 Å². The maximum Gasteiger partial charge on any atom is 0.253 e. The predicted octanol–water partition coefficient (Wildman–Crippen LogP) is 3.65. The molecule has 3 aromatic rings. The van der Waals surface area contributed by atoms with Crippen LogP contribution >= 0.6 is 34.4 Å². The van der Waals surface area contributed by atoms with Crippen molar-refractivity contribution in [2.24, 2.45) is 5.10 Å². The monoisotopic (exact) mass is 401 g/mol. The first-order chi connectivity index (χ1) is 12.7. The molecule has 132 valence electrons. The molecule has 6 nitrogen and oxygen atoms in total. The zero-order valence-electron chi connectivity index (χ0n) is 13.6. The van der Waals surface area contributed by atoms with Gasteiger partial charge in [0.1, 0.15) is 0 Å². The largest absolute Gasteiger partial charge is 0.374 e. The number of thioether (sulfide) groups is 1. The summed E-state index contributed by atoms with van der Waals surface area (Å²) in [5.74, 6) is 0.204. The van der Waals surface area contributed by atoms with Crippen LogP contribution in [0.2, 0.25) is 0 Å². The first-order valence-electron chi connectivity index (χ1n) is 7.91. The Bertz CT molecular complexity index is 923. The van der Waals surface area contributed by atoms with Crippen LogP contribution in [0, 0.1) is 0 Å². The molecule has 1 aliphatic heterocycles. The number of amides is 1. The fourth-order valence-corrected chi connectivity index (χ4v) is 5.02. The number of nitrogens with two attached hydrogens (primary N) is 1. The molecule has 4 rings (SSSR count). The van der Waals surface area contributed by atoms with Gasteiger partial charge >= 0.3 is 0 Å². The summed E-state index contributed by atoms with van der Waals surface area (Å²) in [6, 6.07) is 14.0. The Morgan fingerprint density at radius 1 is 1.23 bits per heavy atom. The highest BCUT2D eigenvalue weighted by molar-refractivity contribution is 8.01. The summed E-state index contributed by atoms with van der Waals surface area (Å²) >= 11 is 4.27. The first-order valence-corrected chi connectivity index (χ1v) is 10.6. The molecule has 1 aromatic carbocycles. The van der Waals surface area contributed by atoms with Crippen molar-refractivity contribution in [1.29, 1.82) is 0 Å². The molecule has 9 heteroatoms. The van der Waals surface area contributed by atoms with Gasteiger partial charge in [-0.1, -0.05) is 59.5 Å². The van der Waals surface area contributed by atoms with Gasteiger partial charge in [-0.15, -0.1) is 21.5 Å². The SMILES string of the molecule is Nc1nnc(SCC(=O)N2N=C(c3ccccc3)CC2c2cccs2)s1. The van der Waals surface area contributed by atoms with Crippen molar-refractivity contribution < 1.29 is 4.79 Å². The van der Waals surface area contributed by atoms with Crippen molar-refractivity contribution in [3.63, 3.8) is 0 Å². The number of benzene rings is 1. The second kappa shape index (κ2) is 7.56. The molecule has 2 N–H and O–H groups in total. The van der Waals surface area contributed by atoms with E-state index in [1.54, 1.807) is 16.3 Å². The molecule has 2 aromatic heterocycles. The lowest BCUT2D eigenvalue weighted by molar-refractivity contribution is -0.130. The Balaban J connectivity index is 1.55. The van der Waals surface area contributed by atoms with E-state index in [1.165, 1.54) is 23.1 Å². The number of anilines is 1. The van der Waals surface area contributed by atoms with Gasteiger partial charge in [-0.25, -0.2) is 5.01 Å². The van der Waals surface area contributed by atoms with Crippen LogP contribution in [0.3, 0.4) is 0 Å². The Hall–Kier alpha value is -2.23. The number of thiophene rings is 1. The number of hydrogen-bond donors (Lipinski definition) is 1. The summed E-state index contributed by atoms with van der Waals surface area (Å²) in [6.07, 6.45) is 0.715. The van der Waals surface area contributed by atoms with E-state index in [4.69, 9.17) is 5.73 Å². The van der Waals surface area contributed by atoms with Crippen LogP contribution < -0.4 is 5.73 Å². The summed E-state index contributed by atoms with van der Waals surface area (Å²) in [7, 11) is 0. The molecule has 26 heavy (non-hydrogen) atoms. The van der Waals surface area contributed by atoms with E-state index in [1.807, 2.05) is 41.8 Å². The number of nitrogens with zero attached hydrogens (tertiary/aromatic N) is 4. The van der Waals surface area contributed by atoms with Gasteiger partial charge in [0.15, 0.2) is 4.34 Å². The zero-order chi connectivity index (χ0) is 17.9. The highest BCUT2D eigenvalue weighted by atomic mass is 32.2. The second-order valence-electron chi connectivity index (χ2n) is 5.58. The van der Waals surface area contributed by atoms with Gasteiger partial charge in [0.25, 0.3) is 5.91 Å². The van der Waals surface area contributed by atoms with Crippen LogP contribution in [0.4, 0.5) is 5.13 Å². The third-order valence-electron chi connectivity index (χ3n) is 3.89. The third kappa shape index (κ3) is 3.64. The van der Waals surface area contributed by atoms with Crippen molar-refractivity contribution in [2.75, 3.05) is 11.5 Å². The molecule has 1 aliphatic rings. The molecule has 0 radical (unpaired) electrons. The Kier molecular flexibility index (Phi) is 5.00. The molecule has 3 heterocycles. The molecule has 0 saturated carbocycles. The standard InChI is InChI=1S/C17H15N5OS3/c18-16-19-20-17(26-16)25-10-15(23)22-13(14-7-4-8-24-14)9-12(21-22)11-5-2-1-3-6-11/h1-8,13H,9-10H2,(H2,18,19). The summed E-state index contributed by atoms with van der Waals surface area (Å²) < 4.78 is 0.690. The van der Waals surface area contributed by atoms with Crippen LogP contribution in [0.5, 0.6) is 0 Å². The normalized spacial score (nSPS) is 16.7. The van der Waals surface area contributed by atoms with Gasteiger partial charge in [-0.3, -0.25) is 4.79 Å². The van der Waals surface area contributed by atoms with Crippen LogP contribution in [-0.2, 0) is 4.79 Å². The molecule has 0 spiro atoms. The maximum atomic E-state index is 12.8. The summed E-state index contributed by atoms with van der Waals surface area (Å²) in [4.78, 5) is 14.0. The van der Waals surface area contributed by atoms with E-state index in [9.17, 15) is 4.79 Å². The minimum absolute atomic E-state index is 0.0481. The van der Waals surface area contributed by atoms with Crippen LogP contribution in [0.1, 0.15) is 22.9 Å². The van der Waals surface area contributed by atoms with E-state index in [0.717, 1.165) is 16.2 Å². The van der Waals surface area contributed by atoms with Crippen molar-refractivity contribution in [2.45, 2.75) is 16.8 Å². The van der Waals surface area contributed by atoms with Gasteiger partial charge in [-0.2, -0.15) is 5.10 Å². The number of aromatic nitrogens is 2. The number of rotatable bonds is 5. The highest BCUT2D eigenvalue weighted by Crippen LogP contribution is 2.36. The molecule has 0 fully saturated rings. The number of carbonyl (C=O) groups is 1. The Morgan fingerprint density at radius 3 is 2.77 bits per heavy atom. The summed E-state index contributed by atoms with van der Waals surface area (Å²) in [5, 5.41) is 16.4. The smallest absolute Gasteiger partial charge is 0.253 e. The Morgan fingerprint density at radius 2 is 2.08 bits per heavy atom. The molecule has 1 amide bonds. The second-order valence-corrected chi connectivity index (χ2v) is 8.79. The number of hydrazone groups is 1. The van der Waals surface area contributed by atoms with Crippen LogP contribution in [0.15, 0.2) is 57.3 Å². The van der Waals surface area contributed by atoms with E-state index >= 15 is 0 Å². The minimum atomic E-state index is -0.0576. The van der Waals surface area contributed by atoms with Gasteiger partial charge in [0, 0.05) is 11.3 Å². The van der Waals surface area contributed by atoms with Crippen LogP contribution in [-0.4, -0.2) is 32.6 Å². The maximum absolute atomic E-state index is 12.8. The molecule has 0 aliphatic carbocycles. The lowest BCUT2D eigenvalue weighted by atomic mass is 10.0. The Labute approximate surface area is 162 Å². The molecular weight excluding hydrogens is 386 g/mol. The third-order valence-corrected chi connectivity index (χ3v) is 6.73. The van der Waals surface area contributed by atoms with Crippen molar-refractivity contribution in [3.8, 4) is 0 Å². The van der Waals surface area contributed by atoms with E-state index in [-0.39, 0.29) is 17.7 Å². The average Bonchev–Trinajstić information content (AvgIpc) is 3.40. The number of nitrogen functional groups attached to an aromatic ring is 1. The van der Waals surface area contributed by atoms with Crippen molar-refractivity contribution in [1.82, 2.24) is 15.2 Å². The number of hydrogen-bond acceptors (Lipinski definition) is 8. The summed E-state index contributed by atoms with van der Waals surface area (Å²) in [6.45, 7) is 0. The lowest BCUT2D eigenvalue weighted by Gasteiger charge is -2.20. The van der Waals surface area contributed by atoms with Gasteiger partial charge in [0.05, 0.1) is 17.5 Å². The molecule has 0 saturated heterocycles. The average molecular weight is 402 g/mol. The lowest BCUT2D eigenvalue weighted by Crippen LogP contribution is -2.28. The van der Waals surface area contributed by atoms with Crippen molar-refractivity contribution in [3.05, 3.63) is 58.3 Å². The topological polar surface area (TPSA) is 84.5 Å². The fourth-order valence-electron chi connectivity index (χ4n) is 2.72. The van der Waals surface area contributed by atoms with E-state index in [0.29, 0.717) is 15.9 Å². The first kappa shape index (κ1) is 17.2. The predicted molar refractivity (Wildman–Crippen MR) is 107 cm³/mol. The molecule has 0 bridgehead atoms. The summed E-state index contributed by atoms with van der Waals surface area (Å²) in [5.41, 5.74) is 7.57. The fraction of sp³-hybridized carbons (Fsp3) is 0.176. The van der Waals surface area contributed by atoms with E-state index < -0.39 is 0 Å². The number of carbonyl (C=O) groups excluding carboxylic acids is 1. The van der Waals surface area contributed by atoms with Gasteiger partial charge in [0.2, 0.25) is 5.13 Å². The van der Waals surface area contributed by atoms with Crippen LogP contribution in [0.25, 0.3) is 0 Å². The van der Waals surface area contributed by atoms with Gasteiger partial charge in [-0.05, 0) is 17.0 Å². The molecular formula is C17H15N5OS3. The quantitative estimate of drug-likeness (QED) is 0.660. The highest BCUT2D eigenvalue weighted by Gasteiger charge is 2.33. The zero-order valence-corrected chi connectivity index (χ0v) is 16.1. The molecule has 1 atom stereocenters. The minimum Gasteiger partial charge on any atom is -0.374 e. The molecule has 1 unspecified atom stereocenters. The van der Waals surface area contributed by atoms with E-state index in [2.05, 4.69) is 21.4 Å².